The molecule has 150 valence electrons. The van der Waals surface area contributed by atoms with E-state index in [9.17, 15) is 9.59 Å². The fraction of sp³-hybridized carbons (Fsp3) is 0.200. The van der Waals surface area contributed by atoms with E-state index in [2.05, 4.69) is 19.7 Å². The summed E-state index contributed by atoms with van der Waals surface area (Å²) in [7, 11) is 0. The first kappa shape index (κ1) is 21.9. The Kier molecular flexibility index (Phi) is 6.94. The van der Waals surface area contributed by atoms with Crippen LogP contribution < -0.4 is 9.47 Å². The third kappa shape index (κ3) is 4.91. The van der Waals surface area contributed by atoms with E-state index in [-0.39, 0.29) is 5.92 Å². The van der Waals surface area contributed by atoms with E-state index in [0.717, 1.165) is 45.5 Å². The molecule has 0 aliphatic heterocycles. The standard InChI is InChI=1S/C25H26O4/c1-8-19(20-13-15(4)11-17(6)24(20)28-22(26)9-2)21-14-16(5)12-18(7)25(21)29-23(27)10-3/h8-14,19H,1-3H2,4-7H3. The minimum Gasteiger partial charge on any atom is -0.423 e. The maximum absolute atomic E-state index is 11.9. The molecule has 0 unspecified atom stereocenters. The van der Waals surface area contributed by atoms with E-state index in [1.165, 1.54) is 0 Å². The lowest BCUT2D eigenvalue weighted by atomic mass is 9.86. The fourth-order valence-corrected chi connectivity index (χ4v) is 3.42. The number of benzene rings is 2. The van der Waals surface area contributed by atoms with E-state index < -0.39 is 11.9 Å². The van der Waals surface area contributed by atoms with Gasteiger partial charge >= 0.3 is 11.9 Å². The maximum atomic E-state index is 11.9. The van der Waals surface area contributed by atoms with Crippen molar-refractivity contribution in [1.29, 1.82) is 0 Å². The van der Waals surface area contributed by atoms with Crippen LogP contribution in [0.25, 0.3) is 0 Å². The van der Waals surface area contributed by atoms with E-state index in [4.69, 9.17) is 9.47 Å². The van der Waals surface area contributed by atoms with Crippen molar-refractivity contribution in [3.8, 4) is 11.5 Å². The summed E-state index contributed by atoms with van der Waals surface area (Å²) < 4.78 is 11.1. The van der Waals surface area contributed by atoms with Crippen LogP contribution in [0.15, 0.2) is 62.2 Å². The minimum absolute atomic E-state index is 0.368. The van der Waals surface area contributed by atoms with Crippen LogP contribution in [0.4, 0.5) is 0 Å². The highest BCUT2D eigenvalue weighted by Crippen LogP contribution is 2.41. The van der Waals surface area contributed by atoms with Gasteiger partial charge in [0.15, 0.2) is 0 Å². The van der Waals surface area contributed by atoms with Crippen LogP contribution >= 0.6 is 0 Å². The van der Waals surface area contributed by atoms with Crippen molar-refractivity contribution in [2.24, 2.45) is 0 Å². The van der Waals surface area contributed by atoms with Crippen LogP contribution in [0.1, 0.15) is 39.3 Å². The smallest absolute Gasteiger partial charge is 0.335 e. The van der Waals surface area contributed by atoms with E-state index in [1.54, 1.807) is 6.08 Å². The topological polar surface area (TPSA) is 52.6 Å². The van der Waals surface area contributed by atoms with Crippen LogP contribution in [-0.2, 0) is 9.59 Å². The molecule has 0 aliphatic carbocycles. The van der Waals surface area contributed by atoms with Crippen molar-refractivity contribution < 1.29 is 19.1 Å². The average molecular weight is 390 g/mol. The molecule has 0 aromatic heterocycles. The highest BCUT2D eigenvalue weighted by atomic mass is 16.5. The van der Waals surface area contributed by atoms with Gasteiger partial charge in [-0.2, -0.15) is 0 Å². The Morgan fingerprint density at radius 2 is 1.14 bits per heavy atom. The number of aryl methyl sites for hydroxylation is 4. The zero-order valence-electron chi connectivity index (χ0n) is 17.4. The minimum atomic E-state index is -0.542. The van der Waals surface area contributed by atoms with Crippen LogP contribution in [0.5, 0.6) is 11.5 Å². The fourth-order valence-electron chi connectivity index (χ4n) is 3.42. The molecule has 0 amide bonds. The van der Waals surface area contributed by atoms with Crippen molar-refractivity contribution >= 4 is 11.9 Å². The van der Waals surface area contributed by atoms with Gasteiger partial charge in [0.1, 0.15) is 11.5 Å². The molecular weight excluding hydrogens is 364 g/mol. The third-order valence-corrected chi connectivity index (χ3v) is 4.54. The Bertz CT molecular complexity index is 921. The lowest BCUT2D eigenvalue weighted by molar-refractivity contribution is -0.129. The summed E-state index contributed by atoms with van der Waals surface area (Å²) >= 11 is 0. The largest absolute Gasteiger partial charge is 0.423 e. The number of ether oxygens (including phenoxy) is 2. The maximum Gasteiger partial charge on any atom is 0.335 e. The van der Waals surface area contributed by atoms with Gasteiger partial charge in [-0.15, -0.1) is 6.58 Å². The Morgan fingerprint density at radius 3 is 1.45 bits per heavy atom. The second kappa shape index (κ2) is 9.20. The normalized spacial score (nSPS) is 10.4. The number of rotatable bonds is 7. The molecule has 0 aliphatic rings. The SMILES string of the molecule is C=CC(=O)Oc1c(C)cc(C)cc1C(C=C)c1cc(C)cc(C)c1OC(=O)C=C. The molecule has 0 spiro atoms. The van der Waals surface area contributed by atoms with Crippen molar-refractivity contribution in [3.63, 3.8) is 0 Å². The molecule has 0 radical (unpaired) electrons. The number of hydrogen-bond acceptors (Lipinski definition) is 4. The molecule has 0 atom stereocenters. The molecule has 4 nitrogen and oxygen atoms in total. The molecule has 0 saturated carbocycles. The molecule has 0 N–H and O–H groups in total. The van der Waals surface area contributed by atoms with Gasteiger partial charge in [0.25, 0.3) is 0 Å². The van der Waals surface area contributed by atoms with Crippen molar-refractivity contribution in [1.82, 2.24) is 0 Å². The summed E-state index contributed by atoms with van der Waals surface area (Å²) in [5, 5.41) is 0. The first-order valence-electron chi connectivity index (χ1n) is 9.25. The van der Waals surface area contributed by atoms with E-state index in [0.29, 0.717) is 11.5 Å². The van der Waals surface area contributed by atoms with Gasteiger partial charge in [0, 0.05) is 29.2 Å². The van der Waals surface area contributed by atoms with Crippen LogP contribution in [0.2, 0.25) is 0 Å². The Balaban J connectivity index is 2.76. The van der Waals surface area contributed by atoms with Crippen LogP contribution in [0.3, 0.4) is 0 Å². The predicted molar refractivity (Wildman–Crippen MR) is 116 cm³/mol. The molecule has 2 rings (SSSR count). The second-order valence-electron chi connectivity index (χ2n) is 6.96. The molecule has 2 aromatic carbocycles. The van der Waals surface area contributed by atoms with Gasteiger partial charge in [0.05, 0.1) is 0 Å². The molecule has 0 heterocycles. The molecular formula is C25H26O4. The lowest BCUT2D eigenvalue weighted by Gasteiger charge is -2.23. The third-order valence-electron chi connectivity index (χ3n) is 4.54. The summed E-state index contributed by atoms with van der Waals surface area (Å²) in [6.45, 7) is 18.6. The van der Waals surface area contributed by atoms with Gasteiger partial charge in [-0.3, -0.25) is 0 Å². The number of esters is 2. The van der Waals surface area contributed by atoms with Crippen LogP contribution in [-0.4, -0.2) is 11.9 Å². The highest BCUT2D eigenvalue weighted by molar-refractivity contribution is 5.85. The quantitative estimate of drug-likeness (QED) is 0.274. The summed E-state index contributed by atoms with van der Waals surface area (Å²) in [6, 6.07) is 7.77. The van der Waals surface area contributed by atoms with E-state index >= 15 is 0 Å². The van der Waals surface area contributed by atoms with Gasteiger partial charge in [0.2, 0.25) is 0 Å². The molecule has 0 saturated heterocycles. The number of allylic oxidation sites excluding steroid dienone is 1. The van der Waals surface area contributed by atoms with Gasteiger partial charge in [-0.1, -0.05) is 54.6 Å². The Morgan fingerprint density at radius 1 is 0.759 bits per heavy atom. The molecule has 0 fully saturated rings. The zero-order chi connectivity index (χ0) is 21.7. The zero-order valence-corrected chi connectivity index (χ0v) is 17.4. The summed E-state index contributed by atoms with van der Waals surface area (Å²) in [6.07, 6.45) is 4.00. The Labute approximate surface area is 172 Å². The van der Waals surface area contributed by atoms with Crippen LogP contribution in [0, 0.1) is 27.7 Å². The second-order valence-corrected chi connectivity index (χ2v) is 6.96. The first-order valence-corrected chi connectivity index (χ1v) is 9.25. The van der Waals surface area contributed by atoms with Gasteiger partial charge < -0.3 is 9.47 Å². The molecule has 2 aromatic rings. The van der Waals surface area contributed by atoms with Gasteiger partial charge in [-0.05, 0) is 38.8 Å². The van der Waals surface area contributed by atoms with Crippen molar-refractivity contribution in [2.45, 2.75) is 33.6 Å². The molecule has 0 bridgehead atoms. The highest BCUT2D eigenvalue weighted by Gasteiger charge is 2.24. The van der Waals surface area contributed by atoms with Crippen molar-refractivity contribution in [3.05, 3.63) is 95.6 Å². The molecule has 4 heteroatoms. The van der Waals surface area contributed by atoms with Gasteiger partial charge in [-0.25, -0.2) is 9.59 Å². The summed E-state index contributed by atoms with van der Waals surface area (Å²) in [4.78, 5) is 23.9. The first-order chi connectivity index (χ1) is 13.7. The number of carbonyl (C=O) groups excluding carboxylic acids is 2. The average Bonchev–Trinajstić information content (AvgIpc) is 2.66. The lowest BCUT2D eigenvalue weighted by Crippen LogP contribution is -2.12. The Hall–Kier alpha value is -3.40. The van der Waals surface area contributed by atoms with Crippen molar-refractivity contribution in [2.75, 3.05) is 0 Å². The number of hydrogen-bond donors (Lipinski definition) is 0. The number of carbonyl (C=O) groups is 2. The summed E-state index contributed by atoms with van der Waals surface area (Å²) in [5.41, 5.74) is 5.17. The summed E-state index contributed by atoms with van der Waals surface area (Å²) in [5.74, 6) is -0.553. The monoisotopic (exact) mass is 390 g/mol. The van der Waals surface area contributed by atoms with E-state index in [1.807, 2.05) is 52.0 Å². The predicted octanol–water partition coefficient (Wildman–Crippen LogP) is 5.42. The molecule has 29 heavy (non-hydrogen) atoms.